The highest BCUT2D eigenvalue weighted by Crippen LogP contribution is 2.17. The molecule has 1 fully saturated rings. The van der Waals surface area contributed by atoms with Crippen molar-refractivity contribution in [2.75, 3.05) is 13.2 Å². The Balaban J connectivity index is 2.09. The largest absolute Gasteiger partial charge is 0.381 e. The lowest BCUT2D eigenvalue weighted by Crippen LogP contribution is -2.27. The van der Waals surface area contributed by atoms with Gasteiger partial charge in [0.2, 0.25) is 0 Å². The fraction of sp³-hybridized carbons (Fsp3) is 0.417. The summed E-state index contributed by atoms with van der Waals surface area (Å²) >= 11 is 0. The van der Waals surface area contributed by atoms with Gasteiger partial charge in [0.15, 0.2) is 0 Å². The van der Waals surface area contributed by atoms with Gasteiger partial charge in [-0.1, -0.05) is 12.1 Å². The molecule has 1 heterocycles. The Morgan fingerprint density at radius 3 is 2.44 bits per heavy atom. The number of nitrogens with zero attached hydrogens (tertiary/aromatic N) is 1. The minimum absolute atomic E-state index is 0.362. The van der Waals surface area contributed by atoms with Gasteiger partial charge >= 0.3 is 0 Å². The number of hydrogen-bond donors (Lipinski definition) is 0. The van der Waals surface area contributed by atoms with Gasteiger partial charge in [0.05, 0.1) is 5.25 Å². The molecule has 1 aliphatic rings. The van der Waals surface area contributed by atoms with Gasteiger partial charge in [-0.15, -0.1) is 0 Å². The lowest BCUT2D eigenvalue weighted by molar-refractivity contribution is 0.0984. The summed E-state index contributed by atoms with van der Waals surface area (Å²) < 4.78 is 45.2. The molecular weight excluding hydrogens is 257 g/mol. The van der Waals surface area contributed by atoms with E-state index >= 15 is 0 Å². The van der Waals surface area contributed by atoms with Gasteiger partial charge in [-0.25, -0.2) is 12.8 Å². The van der Waals surface area contributed by atoms with Crippen LogP contribution in [0.4, 0.5) is 4.39 Å². The molecule has 0 unspecified atom stereocenters. The van der Waals surface area contributed by atoms with Gasteiger partial charge < -0.3 is 4.74 Å². The average Bonchev–Trinajstić information content (AvgIpc) is 2.39. The second kappa shape index (κ2) is 5.58. The molecule has 2 rings (SSSR count). The summed E-state index contributed by atoms with van der Waals surface area (Å²) in [7, 11) is -3.50. The average molecular weight is 271 g/mol. The maximum atomic E-state index is 12.7. The van der Waals surface area contributed by atoms with Crippen molar-refractivity contribution in [1.29, 1.82) is 0 Å². The molecule has 6 heteroatoms. The third-order valence-electron chi connectivity index (χ3n) is 2.81. The lowest BCUT2D eigenvalue weighted by atomic mass is 10.2. The maximum Gasteiger partial charge on any atom is 0.256 e. The molecule has 18 heavy (non-hydrogen) atoms. The second-order valence-electron chi connectivity index (χ2n) is 4.11. The Morgan fingerprint density at radius 1 is 1.22 bits per heavy atom. The van der Waals surface area contributed by atoms with Crippen LogP contribution in [-0.2, 0) is 14.8 Å². The zero-order valence-electron chi connectivity index (χ0n) is 9.75. The van der Waals surface area contributed by atoms with Crippen LogP contribution in [0.15, 0.2) is 28.7 Å². The zero-order valence-corrected chi connectivity index (χ0v) is 10.6. The smallest absolute Gasteiger partial charge is 0.256 e. The van der Waals surface area contributed by atoms with E-state index in [9.17, 15) is 12.8 Å². The highest BCUT2D eigenvalue weighted by atomic mass is 32.2. The first kappa shape index (κ1) is 13.2. The van der Waals surface area contributed by atoms with Crippen molar-refractivity contribution in [2.24, 2.45) is 4.40 Å². The summed E-state index contributed by atoms with van der Waals surface area (Å²) in [6.07, 6.45) is 2.20. The first-order valence-corrected chi connectivity index (χ1v) is 7.21. The summed E-state index contributed by atoms with van der Waals surface area (Å²) in [6, 6.07) is 5.50. The minimum Gasteiger partial charge on any atom is -0.381 e. The molecular formula is C12H14FNO3S. The van der Waals surface area contributed by atoms with Crippen LogP contribution in [0.2, 0.25) is 0 Å². The van der Waals surface area contributed by atoms with Crippen LogP contribution < -0.4 is 0 Å². The molecule has 0 N–H and O–H groups in total. The molecule has 0 aromatic heterocycles. The highest BCUT2D eigenvalue weighted by molar-refractivity contribution is 7.90. The SMILES string of the molecule is O=S(=O)(N=Cc1ccc(F)cc1)C1CCOCC1. The van der Waals surface area contributed by atoms with E-state index in [1.54, 1.807) is 0 Å². The fourth-order valence-electron chi connectivity index (χ4n) is 1.74. The lowest BCUT2D eigenvalue weighted by Gasteiger charge is -2.19. The van der Waals surface area contributed by atoms with E-state index in [1.165, 1.54) is 30.5 Å². The van der Waals surface area contributed by atoms with E-state index < -0.39 is 15.3 Å². The topological polar surface area (TPSA) is 55.7 Å². The third kappa shape index (κ3) is 3.36. The summed E-state index contributed by atoms with van der Waals surface area (Å²) in [6.45, 7) is 0.909. The molecule has 0 bridgehead atoms. The number of hydrogen-bond acceptors (Lipinski definition) is 3. The van der Waals surface area contributed by atoms with Crippen molar-refractivity contribution >= 4 is 16.2 Å². The van der Waals surface area contributed by atoms with Crippen LogP contribution in [0, 0.1) is 5.82 Å². The van der Waals surface area contributed by atoms with Gasteiger partial charge in [-0.2, -0.15) is 4.40 Å². The van der Waals surface area contributed by atoms with Crippen molar-refractivity contribution in [3.63, 3.8) is 0 Å². The third-order valence-corrected chi connectivity index (χ3v) is 4.52. The quantitative estimate of drug-likeness (QED) is 0.787. The number of rotatable bonds is 3. The minimum atomic E-state index is -3.50. The Bertz CT molecular complexity index is 519. The Labute approximate surface area is 106 Å². The predicted molar refractivity (Wildman–Crippen MR) is 66.8 cm³/mol. The predicted octanol–water partition coefficient (Wildman–Crippen LogP) is 1.75. The molecule has 0 amide bonds. The first-order valence-electron chi connectivity index (χ1n) is 5.70. The van der Waals surface area contributed by atoms with Gasteiger partial charge in [0, 0.05) is 19.4 Å². The van der Waals surface area contributed by atoms with Gasteiger partial charge in [-0.05, 0) is 30.5 Å². The zero-order chi connectivity index (χ0) is 13.0. The van der Waals surface area contributed by atoms with Crippen molar-refractivity contribution in [3.8, 4) is 0 Å². The summed E-state index contributed by atoms with van der Waals surface area (Å²) in [5.74, 6) is -0.362. The van der Waals surface area contributed by atoms with Gasteiger partial charge in [0.1, 0.15) is 5.82 Å². The first-order chi connectivity index (χ1) is 8.58. The number of halogens is 1. The number of sulfonamides is 1. The molecule has 98 valence electrons. The van der Waals surface area contributed by atoms with Crippen molar-refractivity contribution in [2.45, 2.75) is 18.1 Å². The van der Waals surface area contributed by atoms with E-state index in [0.717, 1.165) is 0 Å². The van der Waals surface area contributed by atoms with E-state index in [0.29, 0.717) is 31.6 Å². The molecule has 0 radical (unpaired) electrons. The van der Waals surface area contributed by atoms with Gasteiger partial charge in [-0.3, -0.25) is 0 Å². The van der Waals surface area contributed by atoms with E-state index in [2.05, 4.69) is 4.40 Å². The Hall–Kier alpha value is -1.27. The molecule has 4 nitrogen and oxygen atoms in total. The number of benzene rings is 1. The molecule has 0 saturated carbocycles. The monoisotopic (exact) mass is 271 g/mol. The highest BCUT2D eigenvalue weighted by Gasteiger charge is 2.26. The van der Waals surface area contributed by atoms with Crippen LogP contribution in [0.5, 0.6) is 0 Å². The molecule has 0 spiro atoms. The molecule has 1 aromatic rings. The van der Waals surface area contributed by atoms with Crippen LogP contribution in [0.25, 0.3) is 0 Å². The molecule has 0 atom stereocenters. The van der Waals surface area contributed by atoms with Crippen LogP contribution in [-0.4, -0.2) is 33.1 Å². The molecule has 1 aliphatic heterocycles. The molecule has 0 aliphatic carbocycles. The van der Waals surface area contributed by atoms with Crippen LogP contribution in [0.1, 0.15) is 18.4 Å². The van der Waals surface area contributed by atoms with E-state index in [4.69, 9.17) is 4.74 Å². The normalized spacial score (nSPS) is 18.3. The van der Waals surface area contributed by atoms with Crippen LogP contribution >= 0.6 is 0 Å². The Morgan fingerprint density at radius 2 is 1.83 bits per heavy atom. The van der Waals surface area contributed by atoms with E-state index in [1.807, 2.05) is 0 Å². The summed E-state index contributed by atoms with van der Waals surface area (Å²) in [5.41, 5.74) is 0.562. The molecule has 1 aromatic carbocycles. The molecule has 1 saturated heterocycles. The van der Waals surface area contributed by atoms with Crippen LogP contribution in [0.3, 0.4) is 0 Å². The summed E-state index contributed by atoms with van der Waals surface area (Å²) in [4.78, 5) is 0. The second-order valence-corrected chi connectivity index (χ2v) is 6.02. The van der Waals surface area contributed by atoms with E-state index in [-0.39, 0.29) is 5.82 Å². The van der Waals surface area contributed by atoms with Crippen molar-refractivity contribution in [3.05, 3.63) is 35.6 Å². The fourth-order valence-corrected chi connectivity index (χ4v) is 2.97. The standard InChI is InChI=1S/C12H14FNO3S/c13-11-3-1-10(2-4-11)9-14-18(15,16)12-5-7-17-8-6-12/h1-4,9,12H,5-8H2. The number of ether oxygens (including phenoxy) is 1. The Kier molecular flexibility index (Phi) is 4.08. The summed E-state index contributed by atoms with van der Waals surface area (Å²) in [5, 5.41) is -0.469. The van der Waals surface area contributed by atoms with Crippen molar-refractivity contribution in [1.82, 2.24) is 0 Å². The van der Waals surface area contributed by atoms with Crippen molar-refractivity contribution < 1.29 is 17.5 Å². The van der Waals surface area contributed by atoms with Gasteiger partial charge in [0.25, 0.3) is 10.0 Å². The maximum absolute atomic E-state index is 12.7.